The summed E-state index contributed by atoms with van der Waals surface area (Å²) < 4.78 is 2.39. The van der Waals surface area contributed by atoms with Crippen molar-refractivity contribution in [2.24, 2.45) is 14.1 Å². The molecule has 1 N–H and O–H groups in total. The van der Waals surface area contributed by atoms with Gasteiger partial charge in [-0.2, -0.15) is 0 Å². The summed E-state index contributed by atoms with van der Waals surface area (Å²) in [7, 11) is 2.94. The molecule has 0 fully saturated rings. The fourth-order valence-corrected chi connectivity index (χ4v) is 3.39. The number of aromatic nitrogens is 2. The molecule has 1 aromatic carbocycles. The maximum atomic E-state index is 12.0. The maximum Gasteiger partial charge on any atom is 0.316 e. The fraction of sp³-hybridized carbons (Fsp3) is 0.444. The number of nitrogens with zero attached hydrogens (tertiary/aromatic N) is 3. The van der Waals surface area contributed by atoms with Crippen LogP contribution in [0.1, 0.15) is 32.1 Å². The molecule has 0 atom stereocenters. The van der Waals surface area contributed by atoms with Crippen LogP contribution in [0.5, 0.6) is 0 Å². The summed E-state index contributed by atoms with van der Waals surface area (Å²) in [6, 6.07) is 2.92. The van der Waals surface area contributed by atoms with E-state index in [2.05, 4.69) is 11.4 Å². The summed E-state index contributed by atoms with van der Waals surface area (Å²) in [5.41, 5.74) is 1.08. The van der Waals surface area contributed by atoms with Gasteiger partial charge in [0.05, 0.1) is 16.0 Å². The Morgan fingerprint density at radius 2 is 1.77 bits per heavy atom. The minimum Gasteiger partial charge on any atom is -0.379 e. The SMILES string of the molecule is Cn1c(=O)c(=O)n(C)c2cc([N+](=O)[O-])c(NCCC3=CCCCC3)cc21. The van der Waals surface area contributed by atoms with Crippen LogP contribution in [0.15, 0.2) is 33.4 Å². The molecule has 1 aliphatic rings. The maximum absolute atomic E-state index is 12.0. The van der Waals surface area contributed by atoms with Crippen LogP contribution in [0.3, 0.4) is 0 Å². The monoisotopic (exact) mass is 358 g/mol. The summed E-state index contributed by atoms with van der Waals surface area (Å²) >= 11 is 0. The molecule has 8 nitrogen and oxygen atoms in total. The fourth-order valence-electron chi connectivity index (χ4n) is 3.39. The molecule has 1 aliphatic carbocycles. The van der Waals surface area contributed by atoms with Crippen LogP contribution >= 0.6 is 0 Å². The number of rotatable bonds is 5. The third kappa shape index (κ3) is 3.26. The van der Waals surface area contributed by atoms with Gasteiger partial charge in [-0.15, -0.1) is 0 Å². The van der Waals surface area contributed by atoms with E-state index in [1.165, 1.54) is 43.1 Å². The van der Waals surface area contributed by atoms with E-state index in [-0.39, 0.29) is 5.69 Å². The van der Waals surface area contributed by atoms with Gasteiger partial charge in [-0.1, -0.05) is 11.6 Å². The highest BCUT2D eigenvalue weighted by molar-refractivity contribution is 5.85. The highest BCUT2D eigenvalue weighted by Crippen LogP contribution is 2.29. The minimum atomic E-state index is -0.709. The van der Waals surface area contributed by atoms with Crippen LogP contribution in [0.4, 0.5) is 11.4 Å². The van der Waals surface area contributed by atoms with Gasteiger partial charge in [0.2, 0.25) is 0 Å². The molecule has 0 saturated heterocycles. The Kier molecular flexibility index (Phi) is 4.92. The van der Waals surface area contributed by atoms with Gasteiger partial charge in [0, 0.05) is 26.7 Å². The number of aryl methyl sites for hydroxylation is 2. The van der Waals surface area contributed by atoms with E-state index < -0.39 is 16.0 Å². The normalized spacial score (nSPS) is 14.3. The van der Waals surface area contributed by atoms with Crippen molar-refractivity contribution in [3.05, 3.63) is 54.6 Å². The molecule has 1 aromatic heterocycles. The molecule has 0 bridgehead atoms. The van der Waals surface area contributed by atoms with Crippen molar-refractivity contribution in [1.82, 2.24) is 9.13 Å². The Balaban J connectivity index is 1.99. The second-order valence-electron chi connectivity index (χ2n) is 6.63. The molecule has 0 spiro atoms. The predicted octanol–water partition coefficient (Wildman–Crippen LogP) is 2.45. The van der Waals surface area contributed by atoms with Gasteiger partial charge in [0.25, 0.3) is 5.69 Å². The first-order chi connectivity index (χ1) is 12.4. The zero-order chi connectivity index (χ0) is 18.8. The van der Waals surface area contributed by atoms with Gasteiger partial charge in [0.15, 0.2) is 0 Å². The first kappa shape index (κ1) is 17.9. The largest absolute Gasteiger partial charge is 0.379 e. The molecule has 0 saturated carbocycles. The minimum absolute atomic E-state index is 0.108. The molecule has 0 amide bonds. The number of hydrogen-bond donors (Lipinski definition) is 1. The predicted molar refractivity (Wildman–Crippen MR) is 101 cm³/mol. The Morgan fingerprint density at radius 1 is 1.12 bits per heavy atom. The Bertz CT molecular complexity index is 1020. The topological polar surface area (TPSA) is 99.2 Å². The van der Waals surface area contributed by atoms with Crippen molar-refractivity contribution in [3.8, 4) is 0 Å². The molecular weight excluding hydrogens is 336 g/mol. The van der Waals surface area contributed by atoms with Crippen LogP contribution in [0.25, 0.3) is 11.0 Å². The second-order valence-corrected chi connectivity index (χ2v) is 6.63. The smallest absolute Gasteiger partial charge is 0.316 e. The van der Waals surface area contributed by atoms with E-state index in [1.54, 1.807) is 6.07 Å². The molecule has 0 unspecified atom stereocenters. The Morgan fingerprint density at radius 3 is 2.35 bits per heavy atom. The molecule has 0 aliphatic heterocycles. The van der Waals surface area contributed by atoms with Crippen molar-refractivity contribution in [2.75, 3.05) is 11.9 Å². The molecule has 1 heterocycles. The lowest BCUT2D eigenvalue weighted by molar-refractivity contribution is -0.383. The zero-order valence-corrected chi connectivity index (χ0v) is 14.9. The van der Waals surface area contributed by atoms with Gasteiger partial charge in [-0.05, 0) is 38.2 Å². The first-order valence-electron chi connectivity index (χ1n) is 8.70. The lowest BCUT2D eigenvalue weighted by atomic mass is 9.97. The van der Waals surface area contributed by atoms with Crippen LogP contribution in [0, 0.1) is 10.1 Å². The molecule has 138 valence electrons. The number of hydrogen-bond acceptors (Lipinski definition) is 5. The average Bonchev–Trinajstić information content (AvgIpc) is 2.65. The highest BCUT2D eigenvalue weighted by atomic mass is 16.6. The van der Waals surface area contributed by atoms with Crippen molar-refractivity contribution >= 4 is 22.4 Å². The number of nitro groups is 1. The van der Waals surface area contributed by atoms with Crippen molar-refractivity contribution < 1.29 is 4.92 Å². The lowest BCUT2D eigenvalue weighted by Crippen LogP contribution is -2.39. The Labute approximate surface area is 149 Å². The van der Waals surface area contributed by atoms with Gasteiger partial charge in [-0.3, -0.25) is 19.7 Å². The third-order valence-corrected chi connectivity index (χ3v) is 4.95. The highest BCUT2D eigenvalue weighted by Gasteiger charge is 2.19. The number of nitrogens with one attached hydrogen (secondary N) is 1. The first-order valence-corrected chi connectivity index (χ1v) is 8.70. The summed E-state index contributed by atoms with van der Waals surface area (Å²) in [5.74, 6) is 0. The Hall–Kier alpha value is -2.90. The van der Waals surface area contributed by atoms with Crippen LogP contribution in [-0.4, -0.2) is 20.6 Å². The van der Waals surface area contributed by atoms with Gasteiger partial charge >= 0.3 is 11.1 Å². The standard InChI is InChI=1S/C18H22N4O4/c1-20-15-10-13(19-9-8-12-6-4-3-5-7-12)14(22(25)26)11-16(15)21(2)18(24)17(20)23/h6,10-11,19H,3-5,7-9H2,1-2H3. The lowest BCUT2D eigenvalue weighted by Gasteiger charge is -2.15. The van der Waals surface area contributed by atoms with E-state index in [0.717, 1.165) is 23.8 Å². The second kappa shape index (κ2) is 7.15. The van der Waals surface area contributed by atoms with Crippen molar-refractivity contribution in [1.29, 1.82) is 0 Å². The molecule has 3 rings (SSSR count). The van der Waals surface area contributed by atoms with Crippen LogP contribution in [-0.2, 0) is 14.1 Å². The van der Waals surface area contributed by atoms with E-state index in [0.29, 0.717) is 23.3 Å². The number of allylic oxidation sites excluding steroid dienone is 1. The third-order valence-electron chi connectivity index (χ3n) is 4.95. The van der Waals surface area contributed by atoms with Gasteiger partial charge < -0.3 is 14.5 Å². The summed E-state index contributed by atoms with van der Waals surface area (Å²) in [4.78, 5) is 35.0. The van der Waals surface area contributed by atoms with E-state index in [1.807, 2.05) is 0 Å². The van der Waals surface area contributed by atoms with E-state index >= 15 is 0 Å². The summed E-state index contributed by atoms with van der Waals surface area (Å²) in [6.45, 7) is 0.581. The van der Waals surface area contributed by atoms with Gasteiger partial charge in [0.1, 0.15) is 5.69 Å². The van der Waals surface area contributed by atoms with Crippen molar-refractivity contribution in [2.45, 2.75) is 32.1 Å². The van der Waals surface area contributed by atoms with Crippen LogP contribution < -0.4 is 16.4 Å². The number of anilines is 1. The van der Waals surface area contributed by atoms with Crippen molar-refractivity contribution in [3.63, 3.8) is 0 Å². The molecule has 26 heavy (non-hydrogen) atoms. The number of nitro benzene ring substituents is 1. The molecular formula is C18H22N4O4. The quantitative estimate of drug-likeness (QED) is 0.383. The zero-order valence-electron chi connectivity index (χ0n) is 14.9. The number of benzene rings is 1. The average molecular weight is 358 g/mol. The summed E-state index contributed by atoms with van der Waals surface area (Å²) in [5, 5.41) is 14.6. The molecule has 2 aromatic rings. The van der Waals surface area contributed by atoms with Crippen LogP contribution in [0.2, 0.25) is 0 Å². The number of fused-ring (bicyclic) bond motifs is 1. The van der Waals surface area contributed by atoms with Gasteiger partial charge in [-0.25, -0.2) is 0 Å². The molecule has 0 radical (unpaired) electrons. The molecule has 8 heteroatoms. The van der Waals surface area contributed by atoms with E-state index in [4.69, 9.17) is 0 Å². The van der Waals surface area contributed by atoms with E-state index in [9.17, 15) is 19.7 Å². The summed E-state index contributed by atoms with van der Waals surface area (Å²) in [6.07, 6.45) is 7.68.